The van der Waals surface area contributed by atoms with Gasteiger partial charge in [0.25, 0.3) is 0 Å². The van der Waals surface area contributed by atoms with Crippen LogP contribution in [-0.4, -0.2) is 34.2 Å². The first-order valence-electron chi connectivity index (χ1n) is 9.49. The fourth-order valence-electron chi connectivity index (χ4n) is 3.14. The van der Waals surface area contributed by atoms with Crippen LogP contribution in [-0.2, 0) is 16.4 Å². The normalized spacial score (nSPS) is 11.5. The Bertz CT molecular complexity index is 1150. The summed E-state index contributed by atoms with van der Waals surface area (Å²) in [5, 5.41) is 2.79. The molecule has 0 bridgehead atoms. The Balaban J connectivity index is 1.68. The van der Waals surface area contributed by atoms with Crippen LogP contribution in [0.4, 0.5) is 0 Å². The van der Waals surface area contributed by atoms with Crippen LogP contribution >= 0.6 is 11.3 Å². The zero-order chi connectivity index (χ0) is 21.9. The number of ether oxygens (including phenoxy) is 2. The molecule has 6 nitrogen and oxygen atoms in total. The number of hydrogen-bond acceptors (Lipinski definition) is 6. The highest BCUT2D eigenvalue weighted by molar-refractivity contribution is 7.89. The maximum atomic E-state index is 12.7. The summed E-state index contributed by atoms with van der Waals surface area (Å²) in [6.07, 6.45) is 0.507. The van der Waals surface area contributed by atoms with Crippen LogP contribution in [0.2, 0.25) is 0 Å². The van der Waals surface area contributed by atoms with Gasteiger partial charge in [0.2, 0.25) is 10.0 Å². The second-order valence-corrected chi connectivity index (χ2v) is 9.66. The minimum atomic E-state index is -3.57. The molecule has 0 aliphatic heterocycles. The Morgan fingerprint density at radius 3 is 2.37 bits per heavy atom. The van der Waals surface area contributed by atoms with E-state index in [0.29, 0.717) is 22.8 Å². The molecule has 0 spiro atoms. The summed E-state index contributed by atoms with van der Waals surface area (Å²) in [5.41, 5.74) is 4.55. The molecule has 1 N–H and O–H groups in total. The van der Waals surface area contributed by atoms with Crippen molar-refractivity contribution in [2.45, 2.75) is 32.1 Å². The molecule has 0 unspecified atom stereocenters. The van der Waals surface area contributed by atoms with Crippen molar-refractivity contribution in [1.82, 2.24) is 9.71 Å². The Labute approximate surface area is 181 Å². The molecular weight excluding hydrogens is 420 g/mol. The Morgan fingerprint density at radius 1 is 0.967 bits per heavy atom. The van der Waals surface area contributed by atoms with Gasteiger partial charge in [0.1, 0.15) is 5.01 Å². The van der Waals surface area contributed by atoms with Crippen molar-refractivity contribution in [2.24, 2.45) is 0 Å². The fourth-order valence-corrected chi connectivity index (χ4v) is 5.33. The number of aryl methyl sites for hydroxylation is 3. The first kappa shape index (κ1) is 22.3. The molecule has 0 fully saturated rings. The summed E-state index contributed by atoms with van der Waals surface area (Å²) >= 11 is 1.51. The third-order valence-electron chi connectivity index (χ3n) is 4.94. The van der Waals surface area contributed by atoms with Gasteiger partial charge in [-0.1, -0.05) is 6.07 Å². The number of benzene rings is 2. The number of hydrogen-bond donors (Lipinski definition) is 1. The number of methoxy groups -OCH3 is 2. The quantitative estimate of drug-likeness (QED) is 0.559. The predicted octanol–water partition coefficient (Wildman–Crippen LogP) is 4.27. The van der Waals surface area contributed by atoms with Gasteiger partial charge in [-0.05, 0) is 61.7 Å². The van der Waals surface area contributed by atoms with Gasteiger partial charge in [-0.3, -0.25) is 0 Å². The number of sulfonamides is 1. The first-order valence-corrected chi connectivity index (χ1v) is 11.9. The largest absolute Gasteiger partial charge is 0.493 e. The van der Waals surface area contributed by atoms with E-state index in [1.165, 1.54) is 11.3 Å². The van der Waals surface area contributed by atoms with Crippen LogP contribution in [0.5, 0.6) is 11.5 Å². The third kappa shape index (κ3) is 4.83. The molecule has 0 radical (unpaired) electrons. The van der Waals surface area contributed by atoms with E-state index in [-0.39, 0.29) is 6.54 Å². The molecule has 0 saturated carbocycles. The molecule has 0 atom stereocenters. The van der Waals surface area contributed by atoms with Crippen molar-refractivity contribution in [3.05, 3.63) is 58.1 Å². The zero-order valence-electron chi connectivity index (χ0n) is 17.8. The molecule has 3 aromatic rings. The average molecular weight is 447 g/mol. The molecule has 30 heavy (non-hydrogen) atoms. The summed E-state index contributed by atoms with van der Waals surface area (Å²) < 4.78 is 38.7. The van der Waals surface area contributed by atoms with E-state index in [1.807, 2.05) is 50.4 Å². The van der Waals surface area contributed by atoms with Gasteiger partial charge >= 0.3 is 0 Å². The van der Waals surface area contributed by atoms with Crippen molar-refractivity contribution in [3.63, 3.8) is 0 Å². The summed E-state index contributed by atoms with van der Waals surface area (Å²) in [6, 6.07) is 9.28. The van der Waals surface area contributed by atoms with E-state index >= 15 is 0 Å². The van der Waals surface area contributed by atoms with Crippen molar-refractivity contribution >= 4 is 21.4 Å². The van der Waals surface area contributed by atoms with Crippen LogP contribution in [0.3, 0.4) is 0 Å². The van der Waals surface area contributed by atoms with Gasteiger partial charge in [-0.15, -0.1) is 11.3 Å². The number of nitrogens with one attached hydrogen (secondary N) is 1. The minimum absolute atomic E-state index is 0.282. The zero-order valence-corrected chi connectivity index (χ0v) is 19.4. The summed E-state index contributed by atoms with van der Waals surface area (Å²) in [6.45, 7) is 5.99. The van der Waals surface area contributed by atoms with Gasteiger partial charge in [-0.25, -0.2) is 18.1 Å². The number of rotatable bonds is 8. The first-order chi connectivity index (χ1) is 14.2. The number of aromatic nitrogens is 1. The molecule has 0 saturated heterocycles. The van der Waals surface area contributed by atoms with Crippen molar-refractivity contribution in [2.75, 3.05) is 20.8 Å². The Hall–Kier alpha value is -2.42. The maximum Gasteiger partial charge on any atom is 0.240 e. The molecule has 8 heteroatoms. The Morgan fingerprint density at radius 2 is 1.67 bits per heavy atom. The molecule has 1 heterocycles. The highest BCUT2D eigenvalue weighted by Gasteiger charge is 2.18. The maximum absolute atomic E-state index is 12.7. The lowest BCUT2D eigenvalue weighted by molar-refractivity contribution is 0.355. The molecule has 1 aromatic heterocycles. The van der Waals surface area contributed by atoms with Crippen LogP contribution in [0.25, 0.3) is 10.6 Å². The average Bonchev–Trinajstić information content (AvgIpc) is 3.18. The van der Waals surface area contributed by atoms with E-state index in [0.717, 1.165) is 33.0 Å². The van der Waals surface area contributed by atoms with Gasteiger partial charge in [-0.2, -0.15) is 0 Å². The molecule has 0 amide bonds. The minimum Gasteiger partial charge on any atom is -0.493 e. The van der Waals surface area contributed by atoms with Gasteiger partial charge < -0.3 is 9.47 Å². The van der Waals surface area contributed by atoms with Gasteiger partial charge in [0.15, 0.2) is 11.5 Å². The lowest BCUT2D eigenvalue weighted by atomic mass is 10.1. The second-order valence-electron chi connectivity index (χ2n) is 7.06. The molecule has 3 rings (SSSR count). The SMILES string of the molecule is COc1ccc(-c2nc(CCNS(=O)(=O)c3cc(C)c(C)cc3C)cs2)cc1OC. The summed E-state index contributed by atoms with van der Waals surface area (Å²) in [5.74, 6) is 1.30. The Kier molecular flexibility index (Phi) is 6.80. The highest BCUT2D eigenvalue weighted by atomic mass is 32.2. The number of nitrogens with zero attached hydrogens (tertiary/aromatic N) is 1. The van der Waals surface area contributed by atoms with E-state index in [9.17, 15) is 8.42 Å². The molecule has 0 aliphatic rings. The summed E-state index contributed by atoms with van der Waals surface area (Å²) in [7, 11) is -0.375. The number of thiazole rings is 1. The molecular formula is C22H26N2O4S2. The van der Waals surface area contributed by atoms with Gasteiger partial charge in [0.05, 0.1) is 24.8 Å². The topological polar surface area (TPSA) is 77.5 Å². The van der Waals surface area contributed by atoms with E-state index in [1.54, 1.807) is 20.3 Å². The van der Waals surface area contributed by atoms with Crippen molar-refractivity contribution in [1.29, 1.82) is 0 Å². The molecule has 2 aromatic carbocycles. The van der Waals surface area contributed by atoms with Crippen LogP contribution < -0.4 is 14.2 Å². The van der Waals surface area contributed by atoms with Crippen molar-refractivity contribution in [3.8, 4) is 22.1 Å². The van der Waals surface area contributed by atoms with E-state index in [4.69, 9.17) is 9.47 Å². The lowest BCUT2D eigenvalue weighted by Crippen LogP contribution is -2.26. The van der Waals surface area contributed by atoms with E-state index < -0.39 is 10.0 Å². The van der Waals surface area contributed by atoms with Crippen LogP contribution in [0.15, 0.2) is 40.6 Å². The fraction of sp³-hybridized carbons (Fsp3) is 0.318. The summed E-state index contributed by atoms with van der Waals surface area (Å²) in [4.78, 5) is 4.96. The molecule has 0 aliphatic carbocycles. The van der Waals surface area contributed by atoms with Crippen molar-refractivity contribution < 1.29 is 17.9 Å². The third-order valence-corrected chi connectivity index (χ3v) is 7.48. The standard InChI is InChI=1S/C22H26N2O4S2/c1-14-10-16(3)21(11-15(14)2)30(25,26)23-9-8-18-13-29-22(24-18)17-6-7-19(27-4)20(12-17)28-5/h6-7,10-13,23H,8-9H2,1-5H3. The smallest absolute Gasteiger partial charge is 0.240 e. The molecule has 160 valence electrons. The lowest BCUT2D eigenvalue weighted by Gasteiger charge is -2.11. The van der Waals surface area contributed by atoms with Crippen LogP contribution in [0, 0.1) is 20.8 Å². The highest BCUT2D eigenvalue weighted by Crippen LogP contribution is 2.33. The van der Waals surface area contributed by atoms with Gasteiger partial charge in [0, 0.05) is 23.9 Å². The van der Waals surface area contributed by atoms with E-state index in [2.05, 4.69) is 9.71 Å². The second kappa shape index (κ2) is 9.16. The monoisotopic (exact) mass is 446 g/mol. The predicted molar refractivity (Wildman–Crippen MR) is 120 cm³/mol. The van der Waals surface area contributed by atoms with Crippen LogP contribution in [0.1, 0.15) is 22.4 Å².